The summed E-state index contributed by atoms with van der Waals surface area (Å²) in [5.74, 6) is 0.639. The molecule has 0 unspecified atom stereocenters. The quantitative estimate of drug-likeness (QED) is 0.570. The van der Waals surface area contributed by atoms with E-state index in [1.807, 2.05) is 24.8 Å². The molecule has 1 aromatic carbocycles. The van der Waals surface area contributed by atoms with Crippen LogP contribution in [0.4, 0.5) is 16.4 Å². The highest BCUT2D eigenvalue weighted by molar-refractivity contribution is 6.42. The molecule has 10 heteroatoms. The fourth-order valence-electron chi connectivity index (χ4n) is 2.64. The molecule has 1 saturated heterocycles. The SMILES string of the molecule is Cc1cc(C)nc(/N=C(/NC(=O)Nc2ccc(Cl)c(Cl)c2)N2CCOCC2)n1. The van der Waals surface area contributed by atoms with Gasteiger partial charge in [-0.15, -0.1) is 0 Å². The number of aryl methyl sites for hydroxylation is 2. The van der Waals surface area contributed by atoms with E-state index in [2.05, 4.69) is 25.6 Å². The van der Waals surface area contributed by atoms with E-state index in [0.717, 1.165) is 11.4 Å². The van der Waals surface area contributed by atoms with E-state index in [1.54, 1.807) is 18.2 Å². The van der Waals surface area contributed by atoms with E-state index in [0.29, 0.717) is 48.0 Å². The first-order chi connectivity index (χ1) is 13.4. The normalized spacial score (nSPS) is 14.7. The highest BCUT2D eigenvalue weighted by Gasteiger charge is 2.18. The molecule has 1 aromatic heterocycles. The Morgan fingerprint density at radius 3 is 2.43 bits per heavy atom. The lowest BCUT2D eigenvalue weighted by Crippen LogP contribution is -2.50. The van der Waals surface area contributed by atoms with Gasteiger partial charge in [-0.1, -0.05) is 23.2 Å². The Labute approximate surface area is 172 Å². The first-order valence-corrected chi connectivity index (χ1v) is 9.43. The van der Waals surface area contributed by atoms with Crippen LogP contribution in [0.15, 0.2) is 29.3 Å². The zero-order valence-electron chi connectivity index (χ0n) is 15.5. The van der Waals surface area contributed by atoms with Crippen molar-refractivity contribution in [2.24, 2.45) is 4.99 Å². The fraction of sp³-hybridized carbons (Fsp3) is 0.333. The van der Waals surface area contributed by atoms with Gasteiger partial charge < -0.3 is 15.0 Å². The van der Waals surface area contributed by atoms with Gasteiger partial charge in [-0.3, -0.25) is 5.32 Å². The van der Waals surface area contributed by atoms with Gasteiger partial charge in [-0.05, 0) is 38.1 Å². The second-order valence-electron chi connectivity index (χ2n) is 6.19. The van der Waals surface area contributed by atoms with Crippen molar-refractivity contribution in [2.45, 2.75) is 13.8 Å². The van der Waals surface area contributed by atoms with E-state index < -0.39 is 6.03 Å². The minimum Gasteiger partial charge on any atom is -0.378 e. The number of halogens is 2. The minimum atomic E-state index is -0.465. The summed E-state index contributed by atoms with van der Waals surface area (Å²) in [5, 5.41) is 6.25. The number of aromatic nitrogens is 2. The molecule has 2 N–H and O–H groups in total. The third-order valence-corrected chi connectivity index (χ3v) is 4.63. The van der Waals surface area contributed by atoms with Crippen LogP contribution in [0.25, 0.3) is 0 Å². The number of rotatable bonds is 2. The number of carbonyl (C=O) groups is 1. The van der Waals surface area contributed by atoms with Crippen molar-refractivity contribution in [3.63, 3.8) is 0 Å². The van der Waals surface area contributed by atoms with Gasteiger partial charge in [0.2, 0.25) is 5.96 Å². The number of morpholine rings is 1. The first kappa shape index (κ1) is 20.3. The molecule has 8 nitrogen and oxygen atoms in total. The number of urea groups is 1. The van der Waals surface area contributed by atoms with Crippen molar-refractivity contribution < 1.29 is 9.53 Å². The second kappa shape index (κ2) is 9.18. The number of ether oxygens (including phenoxy) is 1. The van der Waals surface area contributed by atoms with Gasteiger partial charge in [0, 0.05) is 30.2 Å². The zero-order chi connectivity index (χ0) is 20.1. The maximum atomic E-state index is 12.5. The molecule has 1 aliphatic rings. The summed E-state index contributed by atoms with van der Waals surface area (Å²) in [6.07, 6.45) is 0. The molecule has 0 saturated carbocycles. The van der Waals surface area contributed by atoms with Crippen LogP contribution in [0, 0.1) is 13.8 Å². The summed E-state index contributed by atoms with van der Waals surface area (Å²) in [5.41, 5.74) is 2.11. The van der Waals surface area contributed by atoms with E-state index in [4.69, 9.17) is 27.9 Å². The molecule has 148 valence electrons. The number of hydrogen-bond acceptors (Lipinski definition) is 5. The van der Waals surface area contributed by atoms with Crippen LogP contribution in [-0.4, -0.2) is 53.2 Å². The number of nitrogens with zero attached hydrogens (tertiary/aromatic N) is 4. The first-order valence-electron chi connectivity index (χ1n) is 8.67. The smallest absolute Gasteiger partial charge is 0.326 e. The van der Waals surface area contributed by atoms with Gasteiger partial charge in [0.15, 0.2) is 0 Å². The average Bonchev–Trinajstić information content (AvgIpc) is 2.64. The van der Waals surface area contributed by atoms with E-state index >= 15 is 0 Å². The third-order valence-electron chi connectivity index (χ3n) is 3.89. The van der Waals surface area contributed by atoms with Gasteiger partial charge in [0.25, 0.3) is 5.95 Å². The van der Waals surface area contributed by atoms with Crippen LogP contribution < -0.4 is 10.6 Å². The number of aliphatic imine (C=N–C) groups is 1. The molecule has 0 spiro atoms. The lowest BCUT2D eigenvalue weighted by atomic mass is 10.3. The van der Waals surface area contributed by atoms with Crippen LogP contribution in [0.2, 0.25) is 10.0 Å². The molecular formula is C18H20Cl2N6O2. The summed E-state index contributed by atoms with van der Waals surface area (Å²) in [6.45, 7) is 6.01. The molecule has 2 amide bonds. The molecular weight excluding hydrogens is 403 g/mol. The topological polar surface area (TPSA) is 91.7 Å². The van der Waals surface area contributed by atoms with Crippen LogP contribution in [-0.2, 0) is 4.74 Å². The monoisotopic (exact) mass is 422 g/mol. The van der Waals surface area contributed by atoms with Crippen molar-refractivity contribution in [2.75, 3.05) is 31.6 Å². The van der Waals surface area contributed by atoms with Gasteiger partial charge in [0.05, 0.1) is 23.3 Å². The molecule has 2 heterocycles. The van der Waals surface area contributed by atoms with Crippen molar-refractivity contribution in [3.8, 4) is 0 Å². The Morgan fingerprint density at radius 1 is 1.11 bits per heavy atom. The van der Waals surface area contributed by atoms with Gasteiger partial charge in [0.1, 0.15) is 0 Å². The number of nitrogens with one attached hydrogen (secondary N) is 2. The molecule has 2 aromatic rings. The average molecular weight is 423 g/mol. The maximum Gasteiger partial charge on any atom is 0.326 e. The lowest BCUT2D eigenvalue weighted by Gasteiger charge is -2.29. The summed E-state index contributed by atoms with van der Waals surface area (Å²) >= 11 is 11.9. The van der Waals surface area contributed by atoms with Gasteiger partial charge in [-0.25, -0.2) is 14.8 Å². The predicted octanol–water partition coefficient (Wildman–Crippen LogP) is 3.54. The molecule has 0 radical (unpaired) electrons. The van der Waals surface area contributed by atoms with Gasteiger partial charge in [-0.2, -0.15) is 4.99 Å². The van der Waals surface area contributed by atoms with Crippen LogP contribution >= 0.6 is 23.2 Å². The molecule has 0 aliphatic carbocycles. The summed E-state index contributed by atoms with van der Waals surface area (Å²) < 4.78 is 5.38. The number of guanidine groups is 1. The van der Waals surface area contributed by atoms with E-state index in [1.165, 1.54) is 0 Å². The standard InChI is InChI=1S/C18H20Cl2N6O2/c1-11-9-12(2)22-16(21-11)24-17(26-5-7-28-8-6-26)25-18(27)23-13-3-4-14(19)15(20)10-13/h3-4,9-10H,5-8H2,1-2H3,(H2,21,22,23,24,25,27). The number of carbonyl (C=O) groups excluding carboxylic acids is 1. The maximum absolute atomic E-state index is 12.5. The Morgan fingerprint density at radius 2 is 1.79 bits per heavy atom. The molecule has 0 atom stereocenters. The molecule has 28 heavy (non-hydrogen) atoms. The molecule has 1 aliphatic heterocycles. The second-order valence-corrected chi connectivity index (χ2v) is 7.01. The number of hydrogen-bond donors (Lipinski definition) is 2. The fourth-order valence-corrected chi connectivity index (χ4v) is 2.94. The summed E-state index contributed by atoms with van der Waals surface area (Å²) in [4.78, 5) is 27.5. The van der Waals surface area contributed by atoms with Crippen LogP contribution in [0.5, 0.6) is 0 Å². The van der Waals surface area contributed by atoms with Crippen molar-refractivity contribution in [1.29, 1.82) is 0 Å². The van der Waals surface area contributed by atoms with E-state index in [-0.39, 0.29) is 5.95 Å². The number of benzene rings is 1. The highest BCUT2D eigenvalue weighted by atomic mass is 35.5. The Bertz CT molecular complexity index is 879. The molecule has 0 bridgehead atoms. The summed E-state index contributed by atoms with van der Waals surface area (Å²) in [7, 11) is 0. The summed E-state index contributed by atoms with van der Waals surface area (Å²) in [6, 6.07) is 6.24. The third kappa shape index (κ3) is 5.54. The predicted molar refractivity (Wildman–Crippen MR) is 110 cm³/mol. The van der Waals surface area contributed by atoms with Crippen LogP contribution in [0.1, 0.15) is 11.4 Å². The van der Waals surface area contributed by atoms with Crippen LogP contribution in [0.3, 0.4) is 0 Å². The zero-order valence-corrected chi connectivity index (χ0v) is 17.0. The van der Waals surface area contributed by atoms with Gasteiger partial charge >= 0.3 is 6.03 Å². The number of anilines is 1. The molecule has 3 rings (SSSR count). The molecule has 1 fully saturated rings. The Hall–Kier alpha value is -2.42. The Kier molecular flexibility index (Phi) is 6.66. The lowest BCUT2D eigenvalue weighted by molar-refractivity contribution is 0.0668. The highest BCUT2D eigenvalue weighted by Crippen LogP contribution is 2.24. The minimum absolute atomic E-state index is 0.286. The van der Waals surface area contributed by atoms with Crippen molar-refractivity contribution in [3.05, 3.63) is 45.7 Å². The van der Waals surface area contributed by atoms with Crippen molar-refractivity contribution in [1.82, 2.24) is 20.2 Å². The Balaban J connectivity index is 1.80. The van der Waals surface area contributed by atoms with Crippen molar-refractivity contribution >= 4 is 46.8 Å². The largest absolute Gasteiger partial charge is 0.378 e. The van der Waals surface area contributed by atoms with E-state index in [9.17, 15) is 4.79 Å². The number of amides is 2.